The fraction of sp³-hybridized carbons (Fsp3) is 0.944. The summed E-state index contributed by atoms with van der Waals surface area (Å²) in [7, 11) is 4.07. The number of nitrogens with zero attached hydrogens (tertiary/aromatic N) is 3. The first-order valence-electron chi connectivity index (χ1n) is 9.55. The van der Waals surface area contributed by atoms with Gasteiger partial charge in [0.2, 0.25) is 0 Å². The van der Waals surface area contributed by atoms with Gasteiger partial charge in [-0.05, 0) is 39.7 Å². The van der Waals surface area contributed by atoms with Gasteiger partial charge >= 0.3 is 0 Å². The number of likely N-dealkylation sites (tertiary alicyclic amines) is 1. The highest BCUT2D eigenvalue weighted by Crippen LogP contribution is 2.26. The second-order valence-electron chi connectivity index (χ2n) is 7.30. The van der Waals surface area contributed by atoms with Crippen molar-refractivity contribution in [1.29, 1.82) is 0 Å². The minimum absolute atomic E-state index is 0.550. The SMILES string of the molecule is CCC(C)N(C)CCNC(=NC)NC1CCN(C2CCCC2)C1. The van der Waals surface area contributed by atoms with Crippen LogP contribution in [0.1, 0.15) is 52.4 Å². The fourth-order valence-electron chi connectivity index (χ4n) is 3.78. The molecule has 5 nitrogen and oxygen atoms in total. The van der Waals surface area contributed by atoms with Crippen molar-refractivity contribution in [3.63, 3.8) is 0 Å². The Hall–Kier alpha value is -0.810. The fourth-order valence-corrected chi connectivity index (χ4v) is 3.78. The number of rotatable bonds is 7. The Kier molecular flexibility index (Phi) is 7.63. The molecule has 0 radical (unpaired) electrons. The molecule has 0 bridgehead atoms. The third-order valence-electron chi connectivity index (χ3n) is 5.73. The molecule has 2 rings (SSSR count). The van der Waals surface area contributed by atoms with Crippen LogP contribution in [0.4, 0.5) is 0 Å². The molecular weight excluding hydrogens is 286 g/mol. The first-order valence-corrected chi connectivity index (χ1v) is 9.55. The summed E-state index contributed by atoms with van der Waals surface area (Å²) in [6.45, 7) is 8.94. The van der Waals surface area contributed by atoms with E-state index in [4.69, 9.17) is 0 Å². The summed E-state index contributed by atoms with van der Waals surface area (Å²) in [4.78, 5) is 9.48. The van der Waals surface area contributed by atoms with Crippen LogP contribution in [0, 0.1) is 0 Å². The number of aliphatic imine (C=N–C) groups is 1. The van der Waals surface area contributed by atoms with Crippen LogP contribution >= 0.6 is 0 Å². The molecule has 0 aromatic carbocycles. The molecule has 1 aliphatic carbocycles. The Morgan fingerprint density at radius 1 is 1.30 bits per heavy atom. The highest BCUT2D eigenvalue weighted by atomic mass is 15.3. The zero-order valence-electron chi connectivity index (χ0n) is 15.6. The van der Waals surface area contributed by atoms with Gasteiger partial charge in [0.25, 0.3) is 0 Å². The first-order chi connectivity index (χ1) is 11.1. The van der Waals surface area contributed by atoms with E-state index in [1.54, 1.807) is 0 Å². The van der Waals surface area contributed by atoms with Gasteiger partial charge in [0.05, 0.1) is 0 Å². The molecule has 0 amide bonds. The Morgan fingerprint density at radius 2 is 2.04 bits per heavy atom. The van der Waals surface area contributed by atoms with Gasteiger partial charge in [-0.1, -0.05) is 19.8 Å². The predicted molar refractivity (Wildman–Crippen MR) is 99.1 cm³/mol. The molecule has 1 saturated carbocycles. The van der Waals surface area contributed by atoms with Crippen LogP contribution in [0.15, 0.2) is 4.99 Å². The van der Waals surface area contributed by atoms with E-state index in [0.717, 1.165) is 25.1 Å². The zero-order valence-corrected chi connectivity index (χ0v) is 15.6. The van der Waals surface area contributed by atoms with Crippen molar-refractivity contribution >= 4 is 5.96 Å². The van der Waals surface area contributed by atoms with Gasteiger partial charge in [-0.2, -0.15) is 0 Å². The molecule has 1 saturated heterocycles. The Bertz CT molecular complexity index is 364. The van der Waals surface area contributed by atoms with Crippen molar-refractivity contribution in [3.05, 3.63) is 0 Å². The van der Waals surface area contributed by atoms with E-state index in [2.05, 4.69) is 46.3 Å². The normalized spacial score (nSPS) is 25.3. The highest BCUT2D eigenvalue weighted by molar-refractivity contribution is 5.80. The standard InChI is InChI=1S/C18H37N5/c1-5-15(2)22(4)13-11-20-18(19-3)21-16-10-12-23(14-16)17-8-6-7-9-17/h15-17H,5-14H2,1-4H3,(H2,19,20,21). The molecular formula is C18H37N5. The Morgan fingerprint density at radius 3 is 2.70 bits per heavy atom. The Balaban J connectivity index is 1.67. The number of likely N-dealkylation sites (N-methyl/N-ethyl adjacent to an activating group) is 1. The highest BCUT2D eigenvalue weighted by Gasteiger charge is 2.30. The smallest absolute Gasteiger partial charge is 0.191 e. The average molecular weight is 324 g/mol. The monoisotopic (exact) mass is 323 g/mol. The van der Waals surface area contributed by atoms with Crippen LogP contribution in [0.3, 0.4) is 0 Å². The summed E-state index contributed by atoms with van der Waals surface area (Å²) >= 11 is 0. The zero-order chi connectivity index (χ0) is 16.7. The maximum absolute atomic E-state index is 4.39. The van der Waals surface area contributed by atoms with Crippen molar-refractivity contribution in [2.24, 2.45) is 4.99 Å². The van der Waals surface area contributed by atoms with Gasteiger partial charge in [-0.25, -0.2) is 0 Å². The second kappa shape index (κ2) is 9.48. The molecule has 0 spiro atoms. The van der Waals surface area contributed by atoms with Crippen molar-refractivity contribution in [2.75, 3.05) is 40.3 Å². The molecule has 0 aromatic rings. The molecule has 2 unspecified atom stereocenters. The molecule has 5 heteroatoms. The van der Waals surface area contributed by atoms with E-state index in [1.165, 1.54) is 51.6 Å². The number of hydrogen-bond acceptors (Lipinski definition) is 3. The van der Waals surface area contributed by atoms with Crippen molar-refractivity contribution in [3.8, 4) is 0 Å². The number of hydrogen-bond donors (Lipinski definition) is 2. The molecule has 134 valence electrons. The maximum atomic E-state index is 4.39. The lowest BCUT2D eigenvalue weighted by molar-refractivity contribution is 0.242. The molecule has 23 heavy (non-hydrogen) atoms. The summed E-state index contributed by atoms with van der Waals surface area (Å²) < 4.78 is 0. The van der Waals surface area contributed by atoms with Crippen molar-refractivity contribution in [2.45, 2.75) is 70.5 Å². The summed E-state index contributed by atoms with van der Waals surface area (Å²) in [6, 6.07) is 2.04. The van der Waals surface area contributed by atoms with Crippen LogP contribution in [-0.2, 0) is 0 Å². The molecule has 2 atom stereocenters. The average Bonchev–Trinajstić information content (AvgIpc) is 3.23. The minimum atomic E-state index is 0.550. The largest absolute Gasteiger partial charge is 0.355 e. The van der Waals surface area contributed by atoms with Gasteiger partial charge < -0.3 is 15.5 Å². The van der Waals surface area contributed by atoms with E-state index in [9.17, 15) is 0 Å². The van der Waals surface area contributed by atoms with E-state index in [1.807, 2.05) is 7.05 Å². The minimum Gasteiger partial charge on any atom is -0.355 e. The van der Waals surface area contributed by atoms with E-state index in [0.29, 0.717) is 12.1 Å². The Labute approximate surface area is 142 Å². The lowest BCUT2D eigenvalue weighted by Gasteiger charge is -2.25. The second-order valence-corrected chi connectivity index (χ2v) is 7.30. The third kappa shape index (κ3) is 5.64. The van der Waals surface area contributed by atoms with Gasteiger partial charge in [-0.15, -0.1) is 0 Å². The van der Waals surface area contributed by atoms with E-state index < -0.39 is 0 Å². The first kappa shape index (κ1) is 18.5. The third-order valence-corrected chi connectivity index (χ3v) is 5.73. The van der Waals surface area contributed by atoms with Gasteiger partial charge in [0.1, 0.15) is 0 Å². The van der Waals surface area contributed by atoms with Crippen molar-refractivity contribution < 1.29 is 0 Å². The van der Waals surface area contributed by atoms with Gasteiger partial charge in [0.15, 0.2) is 5.96 Å². The van der Waals surface area contributed by atoms with E-state index >= 15 is 0 Å². The molecule has 0 aromatic heterocycles. The van der Waals surface area contributed by atoms with Crippen LogP contribution < -0.4 is 10.6 Å². The van der Waals surface area contributed by atoms with Crippen LogP contribution in [0.5, 0.6) is 0 Å². The van der Waals surface area contributed by atoms with Crippen molar-refractivity contribution in [1.82, 2.24) is 20.4 Å². The molecule has 2 aliphatic rings. The summed E-state index contributed by atoms with van der Waals surface area (Å²) in [5.41, 5.74) is 0. The molecule has 2 N–H and O–H groups in total. The van der Waals surface area contributed by atoms with E-state index in [-0.39, 0.29) is 0 Å². The van der Waals surface area contributed by atoms with Crippen LogP contribution in [0.25, 0.3) is 0 Å². The van der Waals surface area contributed by atoms with Crippen LogP contribution in [0.2, 0.25) is 0 Å². The molecule has 1 aliphatic heterocycles. The number of nitrogens with one attached hydrogen (secondary N) is 2. The topological polar surface area (TPSA) is 42.9 Å². The lowest BCUT2D eigenvalue weighted by Crippen LogP contribution is -2.47. The molecule has 1 heterocycles. The number of guanidine groups is 1. The maximum Gasteiger partial charge on any atom is 0.191 e. The van der Waals surface area contributed by atoms with Gasteiger partial charge in [-0.3, -0.25) is 9.89 Å². The summed E-state index contributed by atoms with van der Waals surface area (Å²) in [5, 5.41) is 7.08. The lowest BCUT2D eigenvalue weighted by atomic mass is 10.2. The van der Waals surface area contributed by atoms with Crippen LogP contribution in [-0.4, -0.2) is 74.2 Å². The molecule has 2 fully saturated rings. The van der Waals surface area contributed by atoms with Gasteiger partial charge in [0, 0.05) is 51.4 Å². The summed E-state index contributed by atoms with van der Waals surface area (Å²) in [6.07, 6.45) is 8.09. The summed E-state index contributed by atoms with van der Waals surface area (Å²) in [5.74, 6) is 0.959. The predicted octanol–water partition coefficient (Wildman–Crippen LogP) is 1.90. The quantitative estimate of drug-likeness (QED) is 0.555.